The zero-order chi connectivity index (χ0) is 23.3. The van der Waals surface area contributed by atoms with Crippen LogP contribution in [0.15, 0.2) is 54.6 Å². The molecule has 3 rings (SSSR count). The van der Waals surface area contributed by atoms with Crippen LogP contribution in [0, 0.1) is 0 Å². The fraction of sp³-hybridized carbons (Fsp3) is 0.250. The van der Waals surface area contributed by atoms with Gasteiger partial charge in [-0.1, -0.05) is 35.9 Å². The number of nitrogens with one attached hydrogen (secondary N) is 2. The van der Waals surface area contributed by atoms with E-state index in [9.17, 15) is 14.7 Å². The van der Waals surface area contributed by atoms with Crippen molar-refractivity contribution in [2.75, 3.05) is 18.5 Å². The number of carbonyl (C=O) groups excluding carboxylic acids is 2. The molecule has 7 nitrogen and oxygen atoms in total. The van der Waals surface area contributed by atoms with Gasteiger partial charge in [0.15, 0.2) is 0 Å². The van der Waals surface area contributed by atoms with Crippen LogP contribution in [0.4, 0.5) is 10.5 Å². The van der Waals surface area contributed by atoms with E-state index in [-0.39, 0.29) is 30.2 Å². The van der Waals surface area contributed by atoms with E-state index in [1.165, 1.54) is 12.1 Å². The monoisotopic (exact) mass is 456 g/mol. The second-order valence-corrected chi connectivity index (χ2v) is 8.52. The fourth-order valence-electron chi connectivity index (χ4n) is 2.94. The Bertz CT molecular complexity index is 1140. The first kappa shape index (κ1) is 23.2. The molecule has 0 aliphatic heterocycles. The van der Waals surface area contributed by atoms with E-state index in [0.717, 1.165) is 10.8 Å². The zero-order valence-electron chi connectivity index (χ0n) is 18.1. The number of ether oxygens (including phenoxy) is 2. The molecule has 0 heterocycles. The molecule has 0 spiro atoms. The smallest absolute Gasteiger partial charge is 0.407 e. The predicted octanol–water partition coefficient (Wildman–Crippen LogP) is 5.35. The van der Waals surface area contributed by atoms with Crippen molar-refractivity contribution in [1.82, 2.24) is 5.32 Å². The van der Waals surface area contributed by atoms with Crippen molar-refractivity contribution >= 4 is 40.1 Å². The van der Waals surface area contributed by atoms with Crippen molar-refractivity contribution in [3.63, 3.8) is 0 Å². The minimum absolute atomic E-state index is 0.129. The molecule has 8 heteroatoms. The molecule has 2 amide bonds. The zero-order valence-corrected chi connectivity index (χ0v) is 18.8. The molecule has 3 aromatic carbocycles. The number of hydrogen-bond donors (Lipinski definition) is 3. The number of amides is 2. The lowest BCUT2D eigenvalue weighted by Gasteiger charge is -2.20. The van der Waals surface area contributed by atoms with E-state index in [1.54, 1.807) is 39.0 Å². The maximum absolute atomic E-state index is 13.0. The van der Waals surface area contributed by atoms with Crippen LogP contribution in [0.1, 0.15) is 31.1 Å². The molecule has 0 unspecified atom stereocenters. The summed E-state index contributed by atoms with van der Waals surface area (Å²) in [6, 6.07) is 15.5. The molecule has 3 aromatic rings. The van der Waals surface area contributed by atoms with Gasteiger partial charge in [-0.15, -0.1) is 0 Å². The topological polar surface area (TPSA) is 96.9 Å². The molecule has 0 bridgehead atoms. The quantitative estimate of drug-likeness (QED) is 0.343. The molecule has 0 aromatic heterocycles. The minimum Gasteiger partial charge on any atom is -0.506 e. The van der Waals surface area contributed by atoms with Gasteiger partial charge in [-0.05, 0) is 55.8 Å². The second kappa shape index (κ2) is 9.78. The lowest BCUT2D eigenvalue weighted by Crippen LogP contribution is -2.34. The Balaban J connectivity index is 1.76. The average Bonchev–Trinajstić information content (AvgIpc) is 2.71. The fourth-order valence-corrected chi connectivity index (χ4v) is 3.11. The summed E-state index contributed by atoms with van der Waals surface area (Å²) in [5.74, 6) is -0.250. The molecule has 0 fully saturated rings. The van der Waals surface area contributed by atoms with Crippen LogP contribution in [-0.2, 0) is 4.74 Å². The number of fused-ring (bicyclic) bond motifs is 1. The van der Waals surface area contributed by atoms with Gasteiger partial charge in [0.25, 0.3) is 5.91 Å². The van der Waals surface area contributed by atoms with Crippen LogP contribution in [0.5, 0.6) is 11.5 Å². The van der Waals surface area contributed by atoms with Crippen LogP contribution < -0.4 is 15.4 Å². The third kappa shape index (κ3) is 6.28. The highest BCUT2D eigenvalue weighted by atomic mass is 35.5. The van der Waals surface area contributed by atoms with Crippen LogP contribution >= 0.6 is 11.6 Å². The number of alkyl carbamates (subject to hydrolysis) is 1. The number of hydrogen-bond acceptors (Lipinski definition) is 5. The molecular weight excluding hydrogens is 432 g/mol. The van der Waals surface area contributed by atoms with Crippen LogP contribution in [0.3, 0.4) is 0 Å². The van der Waals surface area contributed by atoms with E-state index in [1.807, 2.05) is 24.3 Å². The molecule has 3 N–H and O–H groups in total. The maximum Gasteiger partial charge on any atom is 0.407 e. The van der Waals surface area contributed by atoms with E-state index < -0.39 is 17.6 Å². The predicted molar refractivity (Wildman–Crippen MR) is 125 cm³/mol. The summed E-state index contributed by atoms with van der Waals surface area (Å²) in [5, 5.41) is 17.5. The van der Waals surface area contributed by atoms with Crippen LogP contribution in [0.25, 0.3) is 10.8 Å². The number of halogens is 1. The summed E-state index contributed by atoms with van der Waals surface area (Å²) in [6.45, 7) is 5.66. The number of anilines is 1. The van der Waals surface area contributed by atoms with Gasteiger partial charge in [-0.3, -0.25) is 4.79 Å². The number of aromatic hydroxyl groups is 1. The first-order chi connectivity index (χ1) is 15.1. The normalized spacial score (nSPS) is 11.1. The highest BCUT2D eigenvalue weighted by Gasteiger charge is 2.18. The van der Waals surface area contributed by atoms with Gasteiger partial charge >= 0.3 is 6.09 Å². The van der Waals surface area contributed by atoms with Crippen LogP contribution in [0.2, 0.25) is 5.02 Å². The highest BCUT2D eigenvalue weighted by Crippen LogP contribution is 2.30. The Morgan fingerprint density at radius 3 is 2.38 bits per heavy atom. The van der Waals surface area contributed by atoms with Gasteiger partial charge in [0.05, 0.1) is 17.8 Å². The summed E-state index contributed by atoms with van der Waals surface area (Å²) in [4.78, 5) is 24.8. The van der Waals surface area contributed by atoms with Gasteiger partial charge in [0.1, 0.15) is 23.7 Å². The number of phenols is 1. The van der Waals surface area contributed by atoms with E-state index in [2.05, 4.69) is 10.6 Å². The molecular formula is C24H25ClN2O5. The number of benzene rings is 3. The lowest BCUT2D eigenvalue weighted by molar-refractivity contribution is 0.0519. The Morgan fingerprint density at radius 2 is 1.72 bits per heavy atom. The highest BCUT2D eigenvalue weighted by molar-refractivity contribution is 6.30. The Hall–Kier alpha value is -3.45. The first-order valence-corrected chi connectivity index (χ1v) is 10.4. The van der Waals surface area contributed by atoms with Crippen LogP contribution in [-0.4, -0.2) is 35.9 Å². The molecule has 0 atom stereocenters. The first-order valence-electron chi connectivity index (χ1n) is 10.0. The summed E-state index contributed by atoms with van der Waals surface area (Å²) in [5.41, 5.74) is -0.0812. The van der Waals surface area contributed by atoms with Gasteiger partial charge in [-0.2, -0.15) is 0 Å². The molecule has 0 radical (unpaired) electrons. The molecule has 0 saturated carbocycles. The Kier molecular flexibility index (Phi) is 7.10. The molecule has 0 aliphatic rings. The average molecular weight is 457 g/mol. The summed E-state index contributed by atoms with van der Waals surface area (Å²) < 4.78 is 11.0. The Labute approximate surface area is 191 Å². The molecule has 0 saturated heterocycles. The SMILES string of the molecule is CC(C)(C)OC(=O)NCCOc1cc2ccccc2cc1C(=O)Nc1ccc(Cl)cc1O. The van der Waals surface area contributed by atoms with Crippen molar-refractivity contribution in [1.29, 1.82) is 0 Å². The Morgan fingerprint density at radius 1 is 1.03 bits per heavy atom. The summed E-state index contributed by atoms with van der Waals surface area (Å²) in [7, 11) is 0. The van der Waals surface area contributed by atoms with Gasteiger partial charge < -0.3 is 25.2 Å². The number of carbonyl (C=O) groups is 2. The standard InChI is InChI=1S/C24H25ClN2O5/c1-24(2,3)32-23(30)26-10-11-31-21-13-16-7-5-4-6-15(16)12-18(21)22(29)27-19-9-8-17(25)14-20(19)28/h4-9,12-14,28H,10-11H2,1-3H3,(H,26,30)(H,27,29). The van der Waals surface area contributed by atoms with Gasteiger partial charge in [-0.25, -0.2) is 4.79 Å². The second-order valence-electron chi connectivity index (χ2n) is 8.09. The third-order valence-electron chi connectivity index (χ3n) is 4.33. The van der Waals surface area contributed by atoms with Crippen molar-refractivity contribution in [2.24, 2.45) is 0 Å². The molecule has 32 heavy (non-hydrogen) atoms. The molecule has 0 aliphatic carbocycles. The number of phenolic OH excluding ortho intramolecular Hbond substituents is 1. The molecule has 168 valence electrons. The van der Waals surface area contributed by atoms with Gasteiger partial charge in [0, 0.05) is 11.1 Å². The van der Waals surface area contributed by atoms with Crippen molar-refractivity contribution in [3.05, 3.63) is 65.2 Å². The minimum atomic E-state index is -0.595. The third-order valence-corrected chi connectivity index (χ3v) is 4.56. The number of rotatable bonds is 6. The largest absolute Gasteiger partial charge is 0.506 e. The maximum atomic E-state index is 13.0. The van der Waals surface area contributed by atoms with Crippen molar-refractivity contribution < 1.29 is 24.2 Å². The van der Waals surface area contributed by atoms with E-state index in [4.69, 9.17) is 21.1 Å². The summed E-state index contributed by atoms with van der Waals surface area (Å²) in [6.07, 6.45) is -0.546. The summed E-state index contributed by atoms with van der Waals surface area (Å²) >= 11 is 5.86. The van der Waals surface area contributed by atoms with E-state index >= 15 is 0 Å². The van der Waals surface area contributed by atoms with Crippen molar-refractivity contribution in [3.8, 4) is 11.5 Å². The van der Waals surface area contributed by atoms with Gasteiger partial charge in [0.2, 0.25) is 0 Å². The van der Waals surface area contributed by atoms with E-state index in [0.29, 0.717) is 10.8 Å². The van der Waals surface area contributed by atoms with Crippen molar-refractivity contribution in [2.45, 2.75) is 26.4 Å². The lowest BCUT2D eigenvalue weighted by atomic mass is 10.1.